The van der Waals surface area contributed by atoms with E-state index < -0.39 is 5.97 Å². The van der Waals surface area contributed by atoms with Crippen molar-refractivity contribution in [1.29, 1.82) is 0 Å². The fourth-order valence-corrected chi connectivity index (χ4v) is 1.85. The molecule has 7 nitrogen and oxygen atoms in total. The van der Waals surface area contributed by atoms with Crippen molar-refractivity contribution in [3.63, 3.8) is 0 Å². The molecule has 0 saturated heterocycles. The summed E-state index contributed by atoms with van der Waals surface area (Å²) in [6.07, 6.45) is 1.66. The summed E-state index contributed by atoms with van der Waals surface area (Å²) in [7, 11) is 1.31. The highest BCUT2D eigenvalue weighted by atomic mass is 16.5. The molecule has 7 heteroatoms. The second-order valence-electron chi connectivity index (χ2n) is 4.08. The second-order valence-corrected chi connectivity index (χ2v) is 4.08. The minimum atomic E-state index is -0.471. The molecule has 0 fully saturated rings. The predicted molar refractivity (Wildman–Crippen MR) is 72.0 cm³/mol. The first-order valence-corrected chi connectivity index (χ1v) is 5.85. The fourth-order valence-electron chi connectivity index (χ4n) is 1.85. The molecule has 0 aliphatic heterocycles. The van der Waals surface area contributed by atoms with Crippen molar-refractivity contribution < 1.29 is 9.53 Å². The van der Waals surface area contributed by atoms with Gasteiger partial charge in [-0.15, -0.1) is 5.10 Å². The van der Waals surface area contributed by atoms with Gasteiger partial charge in [-0.1, -0.05) is 6.07 Å². The maximum atomic E-state index is 11.5. The van der Waals surface area contributed by atoms with Crippen LogP contribution in [0.1, 0.15) is 10.4 Å². The molecule has 0 aliphatic rings. The van der Waals surface area contributed by atoms with Crippen molar-refractivity contribution in [3.05, 3.63) is 42.1 Å². The van der Waals surface area contributed by atoms with E-state index in [-0.39, 0.29) is 0 Å². The highest BCUT2D eigenvalue weighted by Gasteiger charge is 2.13. The van der Waals surface area contributed by atoms with E-state index in [1.165, 1.54) is 17.7 Å². The molecule has 3 rings (SSSR count). The molecule has 0 aliphatic carbocycles. The molecule has 2 N–H and O–H groups in total. The normalized spacial score (nSPS) is 10.7. The van der Waals surface area contributed by atoms with Crippen LogP contribution in [0.3, 0.4) is 0 Å². The lowest BCUT2D eigenvalue weighted by Gasteiger charge is -2.01. The van der Waals surface area contributed by atoms with Crippen LogP contribution in [-0.4, -0.2) is 32.7 Å². The van der Waals surface area contributed by atoms with Crippen molar-refractivity contribution >= 4 is 17.4 Å². The minimum Gasteiger partial charge on any atom is -0.465 e. The number of nitrogens with zero attached hydrogens (tertiary/aromatic N) is 4. The number of aromatic nitrogens is 4. The van der Waals surface area contributed by atoms with Crippen LogP contribution in [-0.2, 0) is 4.74 Å². The third kappa shape index (κ3) is 1.95. The zero-order chi connectivity index (χ0) is 14.1. The minimum absolute atomic E-state index is 0.303. The predicted octanol–water partition coefficient (Wildman–Crippen LogP) is 1.16. The Balaban J connectivity index is 2.16. The zero-order valence-electron chi connectivity index (χ0n) is 10.6. The first-order chi connectivity index (χ1) is 9.69. The maximum absolute atomic E-state index is 11.5. The molecule has 0 bridgehead atoms. The second kappa shape index (κ2) is 4.61. The van der Waals surface area contributed by atoms with Crippen LogP contribution in [0.25, 0.3) is 17.2 Å². The number of ether oxygens (including phenoxy) is 1. The van der Waals surface area contributed by atoms with Gasteiger partial charge in [0.15, 0.2) is 5.65 Å². The first kappa shape index (κ1) is 12.1. The van der Waals surface area contributed by atoms with Gasteiger partial charge < -0.3 is 10.5 Å². The van der Waals surface area contributed by atoms with Gasteiger partial charge in [0, 0.05) is 6.20 Å². The van der Waals surface area contributed by atoms with Crippen LogP contribution in [0, 0.1) is 0 Å². The third-order valence-corrected chi connectivity index (χ3v) is 2.78. The summed E-state index contributed by atoms with van der Waals surface area (Å²) in [6.45, 7) is 0. The molecule has 100 valence electrons. The summed E-state index contributed by atoms with van der Waals surface area (Å²) in [5.74, 6) is 0.276. The summed E-state index contributed by atoms with van der Waals surface area (Å²) in [5.41, 5.74) is 7.30. The SMILES string of the molecule is COC(=O)c1cc(N)n2nc(-c3ccccn3)nc2c1. The molecule has 3 heterocycles. The van der Waals surface area contributed by atoms with Crippen molar-refractivity contribution in [3.8, 4) is 11.5 Å². The summed E-state index contributed by atoms with van der Waals surface area (Å²) in [6, 6.07) is 8.52. The Morgan fingerprint density at radius 2 is 2.20 bits per heavy atom. The molecule has 0 atom stereocenters. The summed E-state index contributed by atoms with van der Waals surface area (Å²) < 4.78 is 6.12. The van der Waals surface area contributed by atoms with E-state index in [0.717, 1.165) is 0 Å². The quantitative estimate of drug-likeness (QED) is 0.701. The molecule has 3 aromatic heterocycles. The summed E-state index contributed by atoms with van der Waals surface area (Å²) in [5, 5.41) is 4.27. The first-order valence-electron chi connectivity index (χ1n) is 5.85. The van der Waals surface area contributed by atoms with Gasteiger partial charge in [0.2, 0.25) is 5.82 Å². The highest BCUT2D eigenvalue weighted by Crippen LogP contribution is 2.17. The number of pyridine rings is 2. The van der Waals surface area contributed by atoms with Gasteiger partial charge in [-0.25, -0.2) is 9.78 Å². The van der Waals surface area contributed by atoms with Gasteiger partial charge >= 0.3 is 5.97 Å². The van der Waals surface area contributed by atoms with E-state index in [2.05, 4.69) is 19.8 Å². The molecule has 0 amide bonds. The number of hydrogen-bond acceptors (Lipinski definition) is 6. The van der Waals surface area contributed by atoms with E-state index in [9.17, 15) is 4.79 Å². The Hall–Kier alpha value is -2.96. The average Bonchev–Trinajstić information content (AvgIpc) is 2.92. The largest absolute Gasteiger partial charge is 0.465 e. The number of esters is 1. The van der Waals surface area contributed by atoms with Gasteiger partial charge in [0.05, 0.1) is 12.7 Å². The van der Waals surface area contributed by atoms with Crippen molar-refractivity contribution in [2.24, 2.45) is 0 Å². The molecule has 0 unspecified atom stereocenters. The number of nitrogen functional groups attached to an aromatic ring is 1. The molecule has 0 radical (unpaired) electrons. The lowest BCUT2D eigenvalue weighted by atomic mass is 10.2. The van der Waals surface area contributed by atoms with Crippen LogP contribution in [0.5, 0.6) is 0 Å². The Bertz CT molecular complexity index is 782. The monoisotopic (exact) mass is 269 g/mol. The summed E-state index contributed by atoms with van der Waals surface area (Å²) in [4.78, 5) is 20.0. The van der Waals surface area contributed by atoms with Crippen molar-refractivity contribution in [2.45, 2.75) is 0 Å². The Morgan fingerprint density at radius 1 is 1.35 bits per heavy atom. The number of fused-ring (bicyclic) bond motifs is 1. The van der Waals surface area contributed by atoms with Crippen LogP contribution in [0.4, 0.5) is 5.82 Å². The molecule has 0 saturated carbocycles. The number of rotatable bonds is 2. The standard InChI is InChI=1S/C13H11N5O2/c1-20-13(19)8-6-10(14)18-11(7-8)16-12(17-18)9-4-2-3-5-15-9/h2-7H,14H2,1H3. The zero-order valence-corrected chi connectivity index (χ0v) is 10.6. The number of nitrogens with two attached hydrogens (primary N) is 1. The van der Waals surface area contributed by atoms with E-state index in [0.29, 0.717) is 28.5 Å². The van der Waals surface area contributed by atoms with Crippen LogP contribution in [0.15, 0.2) is 36.5 Å². The van der Waals surface area contributed by atoms with Crippen molar-refractivity contribution in [1.82, 2.24) is 19.6 Å². The van der Waals surface area contributed by atoms with E-state index in [1.807, 2.05) is 12.1 Å². The topological polar surface area (TPSA) is 95.4 Å². The lowest BCUT2D eigenvalue weighted by molar-refractivity contribution is 0.0601. The molecular formula is C13H11N5O2. The fraction of sp³-hybridized carbons (Fsp3) is 0.0769. The van der Waals surface area contributed by atoms with Gasteiger partial charge in [-0.2, -0.15) is 4.52 Å². The van der Waals surface area contributed by atoms with Gasteiger partial charge in [0.1, 0.15) is 11.5 Å². The number of carbonyl (C=O) groups is 1. The Morgan fingerprint density at radius 3 is 2.90 bits per heavy atom. The number of hydrogen-bond donors (Lipinski definition) is 1. The van der Waals surface area contributed by atoms with Crippen molar-refractivity contribution in [2.75, 3.05) is 12.8 Å². The highest BCUT2D eigenvalue weighted by molar-refractivity contribution is 5.91. The Labute approximate surface area is 114 Å². The van der Waals surface area contributed by atoms with Gasteiger partial charge in [0.25, 0.3) is 0 Å². The lowest BCUT2D eigenvalue weighted by Crippen LogP contribution is -2.06. The van der Waals surface area contributed by atoms with Gasteiger partial charge in [-0.3, -0.25) is 4.98 Å². The van der Waals surface area contributed by atoms with E-state index in [1.54, 1.807) is 18.3 Å². The van der Waals surface area contributed by atoms with E-state index >= 15 is 0 Å². The van der Waals surface area contributed by atoms with E-state index in [4.69, 9.17) is 5.73 Å². The molecular weight excluding hydrogens is 258 g/mol. The summed E-state index contributed by atoms with van der Waals surface area (Å²) >= 11 is 0. The molecule has 3 aromatic rings. The van der Waals surface area contributed by atoms with Gasteiger partial charge in [-0.05, 0) is 24.3 Å². The average molecular weight is 269 g/mol. The smallest absolute Gasteiger partial charge is 0.338 e. The van der Waals surface area contributed by atoms with Crippen LogP contribution >= 0.6 is 0 Å². The Kier molecular flexibility index (Phi) is 2.79. The maximum Gasteiger partial charge on any atom is 0.338 e. The third-order valence-electron chi connectivity index (χ3n) is 2.78. The number of carbonyl (C=O) groups excluding carboxylic acids is 1. The molecule has 0 spiro atoms. The molecule has 20 heavy (non-hydrogen) atoms. The number of anilines is 1. The number of methoxy groups -OCH3 is 1. The molecule has 0 aromatic carbocycles. The van der Waals surface area contributed by atoms with Crippen LogP contribution in [0.2, 0.25) is 0 Å². The van der Waals surface area contributed by atoms with Crippen LogP contribution < -0.4 is 5.73 Å².